The number of rotatable bonds is 4. The summed E-state index contributed by atoms with van der Waals surface area (Å²) in [7, 11) is 2.97. The number of ether oxygens (including phenoxy) is 1. The molecule has 0 aliphatic heterocycles. The first-order chi connectivity index (χ1) is 9.54. The predicted octanol–water partition coefficient (Wildman–Crippen LogP) is 2.19. The molecule has 0 unspecified atom stereocenters. The Kier molecular flexibility index (Phi) is 3.69. The molecule has 0 radical (unpaired) electrons. The molecule has 0 fully saturated rings. The summed E-state index contributed by atoms with van der Waals surface area (Å²) < 4.78 is 6.35. The van der Waals surface area contributed by atoms with Gasteiger partial charge in [0.15, 0.2) is 5.69 Å². The van der Waals surface area contributed by atoms with Gasteiger partial charge in [-0.05, 0) is 23.1 Å². The predicted molar refractivity (Wildman–Crippen MR) is 73.0 cm³/mol. The third-order valence-electron chi connectivity index (χ3n) is 2.87. The summed E-state index contributed by atoms with van der Waals surface area (Å²) in [5, 5.41) is 13.4. The van der Waals surface area contributed by atoms with Gasteiger partial charge in [-0.15, -0.1) is 0 Å². The third kappa shape index (κ3) is 2.46. The summed E-state index contributed by atoms with van der Waals surface area (Å²) >= 11 is 0. The maximum Gasteiger partial charge on any atom is 0.323 e. The molecule has 0 saturated heterocycles. The normalized spacial score (nSPS) is 10.1. The highest BCUT2D eigenvalue weighted by atomic mass is 16.6. The Morgan fingerprint density at radius 1 is 1.30 bits per heavy atom. The molecule has 1 heterocycles. The lowest BCUT2D eigenvalue weighted by Gasteiger charge is -2.08. The smallest absolute Gasteiger partial charge is 0.323 e. The fraction of sp³-hybridized carbons (Fsp3) is 0.154. The molecular formula is C13H13N3O4. The Morgan fingerprint density at radius 3 is 2.60 bits per heavy atom. The quantitative estimate of drug-likeness (QED) is 0.684. The van der Waals surface area contributed by atoms with Gasteiger partial charge in [-0.25, -0.2) is 4.57 Å². The van der Waals surface area contributed by atoms with Gasteiger partial charge in [0.2, 0.25) is 0 Å². The van der Waals surface area contributed by atoms with Crippen molar-refractivity contribution in [3.05, 3.63) is 52.2 Å². The van der Waals surface area contributed by atoms with Crippen LogP contribution in [0.4, 0.5) is 11.5 Å². The van der Waals surface area contributed by atoms with Gasteiger partial charge in [-0.3, -0.25) is 4.79 Å². The van der Waals surface area contributed by atoms with E-state index >= 15 is 0 Å². The van der Waals surface area contributed by atoms with Crippen LogP contribution in [0.3, 0.4) is 0 Å². The topological polar surface area (TPSA) is 86.4 Å². The van der Waals surface area contributed by atoms with Crippen molar-refractivity contribution >= 4 is 17.4 Å². The fourth-order valence-corrected chi connectivity index (χ4v) is 1.85. The van der Waals surface area contributed by atoms with E-state index in [4.69, 9.17) is 4.74 Å². The van der Waals surface area contributed by atoms with E-state index < -0.39 is 10.8 Å². The molecule has 2 rings (SSSR count). The molecular weight excluding hydrogens is 262 g/mol. The number of para-hydroxylation sites is 2. The average Bonchev–Trinajstić information content (AvgIpc) is 2.81. The van der Waals surface area contributed by atoms with Gasteiger partial charge in [0.1, 0.15) is 5.75 Å². The molecule has 0 saturated carbocycles. The first kappa shape index (κ1) is 13.6. The summed E-state index contributed by atoms with van der Waals surface area (Å²) in [6.07, 6.45) is 0. The van der Waals surface area contributed by atoms with E-state index in [2.05, 4.69) is 5.32 Å². The summed E-state index contributed by atoms with van der Waals surface area (Å²) in [6, 6.07) is 9.63. The van der Waals surface area contributed by atoms with Crippen LogP contribution in [0.1, 0.15) is 10.5 Å². The summed E-state index contributed by atoms with van der Waals surface area (Å²) in [5.41, 5.74) is 0.700. The van der Waals surface area contributed by atoms with Crippen LogP contribution in [0.2, 0.25) is 0 Å². The minimum absolute atomic E-state index is 0.143. The Hall–Kier alpha value is -2.83. The number of methoxy groups -OCH3 is 1. The molecule has 0 atom stereocenters. The Balaban J connectivity index is 2.27. The van der Waals surface area contributed by atoms with Gasteiger partial charge in [0.05, 0.1) is 19.8 Å². The van der Waals surface area contributed by atoms with E-state index in [0.29, 0.717) is 11.4 Å². The number of nitro groups is 1. The molecule has 0 aliphatic rings. The van der Waals surface area contributed by atoms with Crippen molar-refractivity contribution in [1.82, 2.24) is 4.57 Å². The zero-order chi connectivity index (χ0) is 14.7. The number of amides is 1. The van der Waals surface area contributed by atoms with Gasteiger partial charge >= 0.3 is 5.82 Å². The number of hydrogen-bond donors (Lipinski definition) is 1. The third-order valence-corrected chi connectivity index (χ3v) is 2.87. The SMILES string of the molecule is COc1ccccc1NC(=O)c1ccc([N+](=O)[O-])n1C. The summed E-state index contributed by atoms with van der Waals surface area (Å²) in [4.78, 5) is 22.3. The van der Waals surface area contributed by atoms with Crippen molar-refractivity contribution in [2.75, 3.05) is 12.4 Å². The molecule has 1 N–H and O–H groups in total. The van der Waals surface area contributed by atoms with Crippen molar-refractivity contribution in [3.8, 4) is 5.75 Å². The molecule has 1 aromatic heterocycles. The highest BCUT2D eigenvalue weighted by Crippen LogP contribution is 2.24. The van der Waals surface area contributed by atoms with Gasteiger partial charge < -0.3 is 20.2 Å². The summed E-state index contributed by atoms with van der Waals surface area (Å²) in [6.45, 7) is 0. The van der Waals surface area contributed by atoms with Crippen LogP contribution in [0.5, 0.6) is 5.75 Å². The van der Waals surface area contributed by atoms with Crippen LogP contribution >= 0.6 is 0 Å². The number of anilines is 1. The molecule has 0 bridgehead atoms. The Morgan fingerprint density at radius 2 is 2.00 bits per heavy atom. The second-order valence-corrected chi connectivity index (χ2v) is 4.05. The van der Waals surface area contributed by atoms with Crippen molar-refractivity contribution in [2.24, 2.45) is 7.05 Å². The van der Waals surface area contributed by atoms with Crippen LogP contribution in [0, 0.1) is 10.1 Å². The lowest BCUT2D eigenvalue weighted by atomic mass is 10.3. The number of aromatic nitrogens is 1. The van der Waals surface area contributed by atoms with Crippen molar-refractivity contribution in [2.45, 2.75) is 0 Å². The van der Waals surface area contributed by atoms with E-state index in [1.165, 1.54) is 30.9 Å². The molecule has 20 heavy (non-hydrogen) atoms. The van der Waals surface area contributed by atoms with Crippen molar-refractivity contribution in [3.63, 3.8) is 0 Å². The van der Waals surface area contributed by atoms with Crippen LogP contribution < -0.4 is 10.1 Å². The molecule has 7 heteroatoms. The standard InChI is InChI=1S/C13H13N3O4/c1-15-10(7-8-12(15)16(18)19)13(17)14-9-5-3-4-6-11(9)20-2/h3-8H,1-2H3,(H,14,17). The maximum absolute atomic E-state index is 12.1. The monoisotopic (exact) mass is 275 g/mol. The number of carbonyl (C=O) groups is 1. The molecule has 2 aromatic rings. The summed E-state index contributed by atoms with van der Waals surface area (Å²) in [5.74, 6) is -0.0650. The molecule has 1 amide bonds. The van der Waals surface area contributed by atoms with E-state index in [0.717, 1.165) is 0 Å². The molecule has 7 nitrogen and oxygen atoms in total. The minimum atomic E-state index is -0.542. The largest absolute Gasteiger partial charge is 0.495 e. The highest BCUT2D eigenvalue weighted by molar-refractivity contribution is 6.04. The van der Waals surface area contributed by atoms with Crippen LogP contribution in [-0.4, -0.2) is 22.5 Å². The maximum atomic E-state index is 12.1. The lowest BCUT2D eigenvalue weighted by molar-refractivity contribution is -0.391. The Bertz CT molecular complexity index is 663. The number of benzene rings is 1. The molecule has 1 aromatic carbocycles. The van der Waals surface area contributed by atoms with Gasteiger partial charge in [-0.1, -0.05) is 12.1 Å². The first-order valence-electron chi connectivity index (χ1n) is 5.79. The number of nitrogens with zero attached hydrogens (tertiary/aromatic N) is 2. The van der Waals surface area contributed by atoms with Gasteiger partial charge in [0, 0.05) is 6.07 Å². The molecule has 104 valence electrons. The average molecular weight is 275 g/mol. The van der Waals surface area contributed by atoms with Crippen LogP contribution in [0.25, 0.3) is 0 Å². The number of carbonyl (C=O) groups excluding carboxylic acids is 1. The van der Waals surface area contributed by atoms with Crippen molar-refractivity contribution < 1.29 is 14.5 Å². The van der Waals surface area contributed by atoms with Crippen LogP contribution in [-0.2, 0) is 7.05 Å². The number of hydrogen-bond acceptors (Lipinski definition) is 4. The molecule has 0 aliphatic carbocycles. The van der Waals surface area contributed by atoms with Crippen LogP contribution in [0.15, 0.2) is 36.4 Å². The van der Waals surface area contributed by atoms with Crippen molar-refractivity contribution in [1.29, 1.82) is 0 Å². The first-order valence-corrected chi connectivity index (χ1v) is 5.79. The van der Waals surface area contributed by atoms with Gasteiger partial charge in [0.25, 0.3) is 5.91 Å². The second-order valence-electron chi connectivity index (χ2n) is 4.05. The fourth-order valence-electron chi connectivity index (χ4n) is 1.85. The van der Waals surface area contributed by atoms with E-state index in [1.54, 1.807) is 24.3 Å². The van der Waals surface area contributed by atoms with Gasteiger partial charge in [-0.2, -0.15) is 0 Å². The highest BCUT2D eigenvalue weighted by Gasteiger charge is 2.21. The molecule has 0 spiro atoms. The van der Waals surface area contributed by atoms with E-state index in [9.17, 15) is 14.9 Å². The second kappa shape index (κ2) is 5.43. The van der Waals surface area contributed by atoms with E-state index in [-0.39, 0.29) is 11.5 Å². The number of nitrogens with one attached hydrogen (secondary N) is 1. The zero-order valence-electron chi connectivity index (χ0n) is 11.0. The van der Waals surface area contributed by atoms with E-state index in [1.807, 2.05) is 0 Å². The Labute approximate surface area is 114 Å². The zero-order valence-corrected chi connectivity index (χ0v) is 11.0. The minimum Gasteiger partial charge on any atom is -0.495 e. The lowest BCUT2D eigenvalue weighted by Crippen LogP contribution is -2.16.